The van der Waals surface area contributed by atoms with E-state index in [0.29, 0.717) is 0 Å². The van der Waals surface area contributed by atoms with Crippen molar-refractivity contribution in [3.8, 4) is 11.1 Å². The zero-order valence-corrected chi connectivity index (χ0v) is 10.3. The van der Waals surface area contributed by atoms with E-state index in [2.05, 4.69) is 0 Å². The summed E-state index contributed by atoms with van der Waals surface area (Å²) in [6.45, 7) is 0. The lowest BCUT2D eigenvalue weighted by atomic mass is 10.0. The summed E-state index contributed by atoms with van der Waals surface area (Å²) < 4.78 is 0. The minimum atomic E-state index is -0.908. The lowest BCUT2D eigenvalue weighted by Crippen LogP contribution is -2.00. The molecular formula is C12H7N3O6. The summed E-state index contributed by atoms with van der Waals surface area (Å²) in [6, 6.07) is 9.12. The first-order valence-electron chi connectivity index (χ1n) is 5.58. The average molecular weight is 289 g/mol. The minimum Gasteiger partial charge on any atom is -0.258 e. The first kappa shape index (κ1) is 14.1. The summed E-state index contributed by atoms with van der Waals surface area (Å²) in [6.07, 6.45) is 0. The molecule has 2 rings (SSSR count). The van der Waals surface area contributed by atoms with E-state index in [1.54, 1.807) is 18.2 Å². The van der Waals surface area contributed by atoms with Crippen LogP contribution in [0.4, 0.5) is 17.1 Å². The zero-order chi connectivity index (χ0) is 15.6. The summed E-state index contributed by atoms with van der Waals surface area (Å²) in [5.41, 5.74) is -2.07. The molecule has 9 nitrogen and oxygen atoms in total. The van der Waals surface area contributed by atoms with E-state index in [9.17, 15) is 30.3 Å². The van der Waals surface area contributed by atoms with Crippen molar-refractivity contribution in [3.63, 3.8) is 0 Å². The Hall–Kier alpha value is -3.36. The maximum absolute atomic E-state index is 11.1. The highest BCUT2D eigenvalue weighted by Gasteiger charge is 2.31. The molecule has 0 amide bonds. The predicted octanol–water partition coefficient (Wildman–Crippen LogP) is 3.08. The SMILES string of the molecule is O=[N+]([O-])c1cc([N+](=O)[O-])c(-c2ccccc2)c([N+](=O)[O-])c1. The highest BCUT2D eigenvalue weighted by atomic mass is 16.6. The average Bonchev–Trinajstić information content (AvgIpc) is 2.46. The molecule has 0 N–H and O–H groups in total. The number of benzene rings is 2. The highest BCUT2D eigenvalue weighted by Crippen LogP contribution is 2.40. The predicted molar refractivity (Wildman–Crippen MR) is 71.8 cm³/mol. The smallest absolute Gasteiger partial charge is 0.258 e. The van der Waals surface area contributed by atoms with E-state index < -0.39 is 31.8 Å². The van der Waals surface area contributed by atoms with Crippen molar-refractivity contribution in [2.24, 2.45) is 0 Å². The zero-order valence-electron chi connectivity index (χ0n) is 10.3. The Bertz CT molecular complexity index is 709. The molecule has 2 aromatic carbocycles. The number of hydrogen-bond donors (Lipinski definition) is 0. The number of nitro groups is 3. The Balaban J connectivity index is 2.86. The number of hydrogen-bond acceptors (Lipinski definition) is 6. The van der Waals surface area contributed by atoms with Gasteiger partial charge in [-0.25, -0.2) is 0 Å². The van der Waals surface area contributed by atoms with Gasteiger partial charge in [-0.05, 0) is 5.56 Å². The molecule has 0 saturated heterocycles. The molecule has 106 valence electrons. The van der Waals surface area contributed by atoms with Gasteiger partial charge in [-0.2, -0.15) is 0 Å². The number of rotatable bonds is 4. The Morgan fingerprint density at radius 2 is 1.19 bits per heavy atom. The van der Waals surface area contributed by atoms with Gasteiger partial charge in [0.05, 0.1) is 26.9 Å². The van der Waals surface area contributed by atoms with Gasteiger partial charge >= 0.3 is 0 Å². The van der Waals surface area contributed by atoms with Gasteiger partial charge in [0.1, 0.15) is 5.56 Å². The van der Waals surface area contributed by atoms with Crippen molar-refractivity contribution in [2.45, 2.75) is 0 Å². The fourth-order valence-electron chi connectivity index (χ4n) is 1.89. The van der Waals surface area contributed by atoms with Crippen LogP contribution in [0.5, 0.6) is 0 Å². The van der Waals surface area contributed by atoms with Crippen LogP contribution in [0.1, 0.15) is 0 Å². The standard InChI is InChI=1S/C12H7N3O6/c16-13(17)9-6-10(14(18)19)12(11(7-9)15(20)21)8-4-2-1-3-5-8/h1-7H. The molecule has 0 aromatic heterocycles. The topological polar surface area (TPSA) is 129 Å². The quantitative estimate of drug-likeness (QED) is 0.628. The van der Waals surface area contributed by atoms with Crippen LogP contribution in [0.2, 0.25) is 0 Å². The molecule has 2 aromatic rings. The van der Waals surface area contributed by atoms with Gasteiger partial charge in [-0.15, -0.1) is 0 Å². The van der Waals surface area contributed by atoms with Crippen LogP contribution in [0.3, 0.4) is 0 Å². The molecule has 0 saturated carbocycles. The van der Waals surface area contributed by atoms with Gasteiger partial charge in [0.25, 0.3) is 17.1 Å². The lowest BCUT2D eigenvalue weighted by molar-refractivity contribution is -0.402. The molecule has 0 spiro atoms. The van der Waals surface area contributed by atoms with E-state index in [1.165, 1.54) is 12.1 Å². The van der Waals surface area contributed by atoms with Gasteiger partial charge < -0.3 is 0 Å². The number of nitrogens with zero attached hydrogens (tertiary/aromatic N) is 3. The molecule has 0 unspecified atom stereocenters. The molecular weight excluding hydrogens is 282 g/mol. The fraction of sp³-hybridized carbons (Fsp3) is 0. The fourth-order valence-corrected chi connectivity index (χ4v) is 1.89. The van der Waals surface area contributed by atoms with E-state index in [0.717, 1.165) is 12.1 Å². The maximum atomic E-state index is 11.1. The van der Waals surface area contributed by atoms with Crippen LogP contribution in [0.25, 0.3) is 11.1 Å². The lowest BCUT2D eigenvalue weighted by Gasteiger charge is -2.04. The molecule has 0 fully saturated rings. The molecule has 9 heteroatoms. The summed E-state index contributed by atoms with van der Waals surface area (Å²) >= 11 is 0. The van der Waals surface area contributed by atoms with Crippen LogP contribution in [0, 0.1) is 30.3 Å². The summed E-state index contributed by atoms with van der Waals surface area (Å²) in [5, 5.41) is 33.0. The molecule has 0 radical (unpaired) electrons. The van der Waals surface area contributed by atoms with Crippen molar-refractivity contribution in [1.82, 2.24) is 0 Å². The first-order valence-corrected chi connectivity index (χ1v) is 5.58. The molecule has 0 bridgehead atoms. The van der Waals surface area contributed by atoms with Crippen LogP contribution >= 0.6 is 0 Å². The normalized spacial score (nSPS) is 10.1. The second-order valence-electron chi connectivity index (χ2n) is 4.00. The molecule has 0 aliphatic heterocycles. The molecule has 0 aliphatic carbocycles. The minimum absolute atomic E-state index is 0.241. The Morgan fingerprint density at radius 1 is 0.714 bits per heavy atom. The van der Waals surface area contributed by atoms with Crippen LogP contribution in [0.15, 0.2) is 42.5 Å². The van der Waals surface area contributed by atoms with Crippen molar-refractivity contribution in [3.05, 3.63) is 72.8 Å². The summed E-state index contributed by atoms with van der Waals surface area (Å²) in [5.74, 6) is 0. The van der Waals surface area contributed by atoms with Crippen molar-refractivity contribution < 1.29 is 14.8 Å². The molecule has 0 aliphatic rings. The summed E-state index contributed by atoms with van der Waals surface area (Å²) in [7, 11) is 0. The van der Waals surface area contributed by atoms with Gasteiger partial charge in [-0.3, -0.25) is 30.3 Å². The monoisotopic (exact) mass is 289 g/mol. The third kappa shape index (κ3) is 2.66. The number of nitro benzene ring substituents is 3. The largest absolute Gasteiger partial charge is 0.291 e. The van der Waals surface area contributed by atoms with Gasteiger partial charge in [-0.1, -0.05) is 30.3 Å². The third-order valence-corrected chi connectivity index (χ3v) is 2.75. The van der Waals surface area contributed by atoms with Gasteiger partial charge in [0.15, 0.2) is 0 Å². The second-order valence-corrected chi connectivity index (χ2v) is 4.00. The molecule has 21 heavy (non-hydrogen) atoms. The maximum Gasteiger partial charge on any atom is 0.291 e. The van der Waals surface area contributed by atoms with E-state index in [1.807, 2.05) is 0 Å². The summed E-state index contributed by atoms with van der Waals surface area (Å²) in [4.78, 5) is 30.3. The van der Waals surface area contributed by atoms with Crippen LogP contribution < -0.4 is 0 Å². The highest BCUT2D eigenvalue weighted by molar-refractivity contribution is 5.84. The van der Waals surface area contributed by atoms with Crippen LogP contribution in [-0.2, 0) is 0 Å². The van der Waals surface area contributed by atoms with Crippen LogP contribution in [-0.4, -0.2) is 14.8 Å². The van der Waals surface area contributed by atoms with Crippen molar-refractivity contribution in [2.75, 3.05) is 0 Å². The third-order valence-electron chi connectivity index (χ3n) is 2.75. The first-order chi connectivity index (χ1) is 9.91. The Morgan fingerprint density at radius 3 is 1.57 bits per heavy atom. The van der Waals surface area contributed by atoms with Crippen molar-refractivity contribution in [1.29, 1.82) is 0 Å². The van der Waals surface area contributed by atoms with Gasteiger partial charge in [0, 0.05) is 0 Å². The molecule has 0 atom stereocenters. The Labute approximate surface area is 116 Å². The van der Waals surface area contributed by atoms with E-state index in [-0.39, 0.29) is 11.1 Å². The van der Waals surface area contributed by atoms with Gasteiger partial charge in [0.2, 0.25) is 0 Å². The van der Waals surface area contributed by atoms with Crippen molar-refractivity contribution >= 4 is 17.1 Å². The Kier molecular flexibility index (Phi) is 3.57. The molecule has 0 heterocycles. The number of non-ortho nitro benzene ring substituents is 1. The van der Waals surface area contributed by atoms with E-state index >= 15 is 0 Å². The second kappa shape index (κ2) is 5.33. The van der Waals surface area contributed by atoms with E-state index in [4.69, 9.17) is 0 Å².